The first-order valence-electron chi connectivity index (χ1n) is 7.62. The number of piperidine rings is 1. The Morgan fingerprint density at radius 1 is 1.40 bits per heavy atom. The van der Waals surface area contributed by atoms with Gasteiger partial charge in [0.15, 0.2) is 0 Å². The van der Waals surface area contributed by atoms with Crippen LogP contribution in [0.1, 0.15) is 31.4 Å². The average molecular weight is 276 g/mol. The second-order valence-electron chi connectivity index (χ2n) is 6.33. The van der Waals surface area contributed by atoms with Gasteiger partial charge in [0.2, 0.25) is 0 Å². The summed E-state index contributed by atoms with van der Waals surface area (Å²) in [6, 6.07) is 4.57. The summed E-state index contributed by atoms with van der Waals surface area (Å²) in [7, 11) is 4.32. The van der Waals surface area contributed by atoms with Crippen molar-refractivity contribution in [1.29, 1.82) is 0 Å². The lowest BCUT2D eigenvalue weighted by atomic mass is 9.92. The van der Waals surface area contributed by atoms with E-state index in [4.69, 9.17) is 5.73 Å². The van der Waals surface area contributed by atoms with Crippen molar-refractivity contribution in [3.05, 3.63) is 30.1 Å². The molecule has 0 spiro atoms. The molecule has 0 saturated carbocycles. The van der Waals surface area contributed by atoms with Crippen LogP contribution in [0.4, 0.5) is 0 Å². The molecule has 1 aromatic rings. The molecule has 2 heterocycles. The van der Waals surface area contributed by atoms with Crippen molar-refractivity contribution in [3.63, 3.8) is 0 Å². The summed E-state index contributed by atoms with van der Waals surface area (Å²) in [6.07, 6.45) is 6.31. The van der Waals surface area contributed by atoms with Gasteiger partial charge in [0, 0.05) is 25.0 Å². The van der Waals surface area contributed by atoms with Gasteiger partial charge < -0.3 is 10.6 Å². The predicted molar refractivity (Wildman–Crippen MR) is 83.5 cm³/mol. The molecule has 1 aromatic heterocycles. The number of rotatable bonds is 5. The normalized spacial score (nSPS) is 21.1. The fourth-order valence-corrected chi connectivity index (χ4v) is 3.33. The summed E-state index contributed by atoms with van der Waals surface area (Å²) in [4.78, 5) is 9.08. The summed E-state index contributed by atoms with van der Waals surface area (Å²) < 4.78 is 0. The highest BCUT2D eigenvalue weighted by atomic mass is 15.2. The van der Waals surface area contributed by atoms with Crippen LogP contribution in [-0.4, -0.2) is 54.6 Å². The topological polar surface area (TPSA) is 45.4 Å². The summed E-state index contributed by atoms with van der Waals surface area (Å²) in [5, 5.41) is 0. The zero-order chi connectivity index (χ0) is 14.5. The minimum Gasteiger partial charge on any atom is -0.326 e. The molecule has 2 atom stereocenters. The van der Waals surface area contributed by atoms with Crippen molar-refractivity contribution in [1.82, 2.24) is 14.8 Å². The van der Waals surface area contributed by atoms with E-state index in [1.54, 1.807) is 0 Å². The molecule has 0 bridgehead atoms. The lowest BCUT2D eigenvalue weighted by Gasteiger charge is -2.40. The van der Waals surface area contributed by atoms with Gasteiger partial charge >= 0.3 is 0 Å². The van der Waals surface area contributed by atoms with Gasteiger partial charge in [0.05, 0.1) is 6.04 Å². The Morgan fingerprint density at radius 3 is 2.60 bits per heavy atom. The molecule has 2 unspecified atom stereocenters. The molecular formula is C16H28N4. The predicted octanol–water partition coefficient (Wildman–Crippen LogP) is 1.74. The average Bonchev–Trinajstić information content (AvgIpc) is 2.41. The molecule has 2 rings (SSSR count). The Labute approximate surface area is 123 Å². The third-order valence-electron chi connectivity index (χ3n) is 4.19. The molecule has 4 nitrogen and oxygen atoms in total. The van der Waals surface area contributed by atoms with Gasteiger partial charge in [-0.25, -0.2) is 0 Å². The van der Waals surface area contributed by atoms with Crippen molar-refractivity contribution >= 4 is 0 Å². The smallest absolute Gasteiger partial charge is 0.0511 e. The molecule has 1 aliphatic rings. The molecule has 20 heavy (non-hydrogen) atoms. The molecule has 0 aliphatic carbocycles. The Balaban J connectivity index is 1.99. The van der Waals surface area contributed by atoms with Crippen LogP contribution in [0.2, 0.25) is 0 Å². The first-order chi connectivity index (χ1) is 9.58. The van der Waals surface area contributed by atoms with Crippen LogP contribution < -0.4 is 5.73 Å². The number of pyridine rings is 1. The van der Waals surface area contributed by atoms with Gasteiger partial charge in [-0.15, -0.1) is 0 Å². The molecule has 2 N–H and O–H groups in total. The van der Waals surface area contributed by atoms with E-state index in [0.717, 1.165) is 19.0 Å². The van der Waals surface area contributed by atoms with Crippen LogP contribution in [0.15, 0.2) is 24.5 Å². The molecule has 1 fully saturated rings. The van der Waals surface area contributed by atoms with Crippen molar-refractivity contribution < 1.29 is 0 Å². The molecule has 112 valence electrons. The Hall–Kier alpha value is -0.970. The number of likely N-dealkylation sites (tertiary alicyclic amines) is 1. The number of nitrogens with zero attached hydrogens (tertiary/aromatic N) is 3. The largest absolute Gasteiger partial charge is 0.326 e. The molecule has 4 heteroatoms. The summed E-state index contributed by atoms with van der Waals surface area (Å²) in [5.74, 6) is 0.823. The lowest BCUT2D eigenvalue weighted by Crippen LogP contribution is -2.44. The highest BCUT2D eigenvalue weighted by Crippen LogP contribution is 2.28. The standard InChI is InChI=1S/C16H28N4/c1-13(17)16(15-5-4-8-18-11-15)20-9-6-14(7-10-20)12-19(2)3/h4-5,8,11,13-14,16H,6-7,9-10,12,17H2,1-3H3. The first-order valence-corrected chi connectivity index (χ1v) is 7.62. The van der Waals surface area contributed by atoms with Crippen LogP contribution in [0.3, 0.4) is 0 Å². The number of hydrogen-bond acceptors (Lipinski definition) is 4. The van der Waals surface area contributed by atoms with Crippen molar-refractivity contribution in [2.24, 2.45) is 11.7 Å². The van der Waals surface area contributed by atoms with E-state index in [2.05, 4.69) is 41.9 Å². The van der Waals surface area contributed by atoms with Crippen LogP contribution in [-0.2, 0) is 0 Å². The summed E-state index contributed by atoms with van der Waals surface area (Å²) in [6.45, 7) is 5.58. The maximum absolute atomic E-state index is 6.24. The minimum atomic E-state index is 0.129. The van der Waals surface area contributed by atoms with Gasteiger partial charge in [-0.1, -0.05) is 6.07 Å². The van der Waals surface area contributed by atoms with Gasteiger partial charge in [-0.2, -0.15) is 0 Å². The fourth-order valence-electron chi connectivity index (χ4n) is 3.33. The third kappa shape index (κ3) is 4.01. The Kier molecular flexibility index (Phi) is 5.52. The van der Waals surface area contributed by atoms with E-state index in [1.165, 1.54) is 24.9 Å². The second-order valence-corrected chi connectivity index (χ2v) is 6.33. The van der Waals surface area contributed by atoms with E-state index < -0.39 is 0 Å². The maximum atomic E-state index is 6.24. The first kappa shape index (κ1) is 15.4. The Bertz CT molecular complexity index is 383. The number of nitrogens with two attached hydrogens (primary N) is 1. The second kappa shape index (κ2) is 7.16. The SMILES string of the molecule is CC(N)C(c1cccnc1)N1CCC(CN(C)C)CC1. The Morgan fingerprint density at radius 2 is 2.10 bits per heavy atom. The van der Waals surface area contributed by atoms with Gasteiger partial charge in [-0.3, -0.25) is 9.88 Å². The van der Waals surface area contributed by atoms with E-state index in [9.17, 15) is 0 Å². The van der Waals surface area contributed by atoms with E-state index in [-0.39, 0.29) is 6.04 Å². The minimum absolute atomic E-state index is 0.129. The van der Waals surface area contributed by atoms with Crippen LogP contribution in [0, 0.1) is 5.92 Å². The van der Waals surface area contributed by atoms with E-state index >= 15 is 0 Å². The van der Waals surface area contributed by atoms with Crippen LogP contribution in [0.25, 0.3) is 0 Å². The van der Waals surface area contributed by atoms with Gasteiger partial charge in [0.1, 0.15) is 0 Å². The summed E-state index contributed by atoms with van der Waals surface area (Å²) >= 11 is 0. The van der Waals surface area contributed by atoms with Gasteiger partial charge in [0.25, 0.3) is 0 Å². The molecule has 1 aliphatic heterocycles. The van der Waals surface area contributed by atoms with Crippen molar-refractivity contribution in [2.45, 2.75) is 31.8 Å². The zero-order valence-electron chi connectivity index (χ0n) is 13.0. The molecule has 0 aromatic carbocycles. The molecule has 0 radical (unpaired) electrons. The third-order valence-corrected chi connectivity index (χ3v) is 4.19. The summed E-state index contributed by atoms with van der Waals surface area (Å²) in [5.41, 5.74) is 7.48. The highest BCUT2D eigenvalue weighted by Gasteiger charge is 2.28. The maximum Gasteiger partial charge on any atom is 0.0511 e. The molecule has 1 saturated heterocycles. The quantitative estimate of drug-likeness (QED) is 0.890. The number of hydrogen-bond donors (Lipinski definition) is 1. The van der Waals surface area contributed by atoms with Gasteiger partial charge in [-0.05, 0) is 64.5 Å². The number of aromatic nitrogens is 1. The molecule has 0 amide bonds. The van der Waals surface area contributed by atoms with Crippen molar-refractivity contribution in [3.8, 4) is 0 Å². The van der Waals surface area contributed by atoms with Crippen molar-refractivity contribution in [2.75, 3.05) is 33.7 Å². The monoisotopic (exact) mass is 276 g/mol. The van der Waals surface area contributed by atoms with E-state index in [0.29, 0.717) is 6.04 Å². The zero-order valence-corrected chi connectivity index (χ0v) is 13.0. The lowest BCUT2D eigenvalue weighted by molar-refractivity contribution is 0.108. The fraction of sp³-hybridized carbons (Fsp3) is 0.688. The van der Waals surface area contributed by atoms with Crippen LogP contribution >= 0.6 is 0 Å². The van der Waals surface area contributed by atoms with E-state index in [1.807, 2.05) is 18.5 Å². The molecular weight excluding hydrogens is 248 g/mol. The van der Waals surface area contributed by atoms with Crippen LogP contribution in [0.5, 0.6) is 0 Å². The highest BCUT2D eigenvalue weighted by molar-refractivity contribution is 5.16.